The second kappa shape index (κ2) is 11.6. The first-order valence-corrected chi connectivity index (χ1v) is 13.9. The Morgan fingerprint density at radius 1 is 1.08 bits per heavy atom. The molecule has 0 bridgehead atoms. The zero-order valence-electron chi connectivity index (χ0n) is 21.2. The van der Waals surface area contributed by atoms with Crippen LogP contribution in [0.15, 0.2) is 93.2 Å². The van der Waals surface area contributed by atoms with Gasteiger partial charge in [-0.2, -0.15) is 0 Å². The molecule has 0 saturated carbocycles. The van der Waals surface area contributed by atoms with Crippen LogP contribution in [0.5, 0.6) is 5.75 Å². The summed E-state index contributed by atoms with van der Waals surface area (Å²) in [6.07, 6.45) is 1.79. The summed E-state index contributed by atoms with van der Waals surface area (Å²) in [4.78, 5) is 44.8. The number of ether oxygens (including phenoxy) is 2. The topological polar surface area (TPSA) is 99.0 Å². The van der Waals surface area contributed by atoms with Gasteiger partial charge in [0.15, 0.2) is 11.4 Å². The van der Waals surface area contributed by atoms with Crippen molar-refractivity contribution in [2.75, 3.05) is 18.5 Å². The lowest BCUT2D eigenvalue weighted by Crippen LogP contribution is -2.40. The molecule has 1 amide bonds. The van der Waals surface area contributed by atoms with Crippen molar-refractivity contribution < 1.29 is 19.1 Å². The van der Waals surface area contributed by atoms with Gasteiger partial charge in [0.1, 0.15) is 11.8 Å². The van der Waals surface area contributed by atoms with Crippen LogP contribution in [-0.2, 0) is 14.3 Å². The van der Waals surface area contributed by atoms with E-state index in [0.717, 1.165) is 10.4 Å². The third-order valence-corrected chi connectivity index (χ3v) is 7.86. The number of hydrogen-bond acceptors (Lipinski definition) is 8. The molecule has 0 spiro atoms. The summed E-state index contributed by atoms with van der Waals surface area (Å²) in [5, 5.41) is 4.88. The molecule has 0 saturated heterocycles. The quantitative estimate of drug-likeness (QED) is 0.331. The van der Waals surface area contributed by atoms with E-state index in [4.69, 9.17) is 9.47 Å². The van der Waals surface area contributed by atoms with Crippen molar-refractivity contribution in [1.29, 1.82) is 0 Å². The first kappa shape index (κ1) is 26.3. The molecule has 39 heavy (non-hydrogen) atoms. The number of para-hydroxylation sites is 1. The van der Waals surface area contributed by atoms with Crippen LogP contribution < -0.4 is 24.9 Å². The minimum atomic E-state index is -0.592. The largest absolute Gasteiger partial charge is 0.482 e. The molecule has 2 aromatic carbocycles. The molecule has 1 N–H and O–H groups in total. The fourth-order valence-electron chi connectivity index (χ4n) is 4.20. The zero-order chi connectivity index (χ0) is 27.4. The number of fused-ring (bicyclic) bond motifs is 1. The number of carbonyl (C=O) groups excluding carboxylic acids is 2. The summed E-state index contributed by atoms with van der Waals surface area (Å²) in [6, 6.07) is 19.5. The zero-order valence-corrected chi connectivity index (χ0v) is 22.9. The number of aromatic nitrogens is 1. The number of nitrogens with zero attached hydrogens (tertiary/aromatic N) is 2. The van der Waals surface area contributed by atoms with E-state index in [1.54, 1.807) is 48.8 Å². The number of nitrogens with one attached hydrogen (secondary N) is 1. The number of thiophene rings is 1. The van der Waals surface area contributed by atoms with Gasteiger partial charge in [0.05, 0.1) is 22.4 Å². The molecule has 198 valence electrons. The predicted octanol–water partition coefficient (Wildman–Crippen LogP) is 3.88. The van der Waals surface area contributed by atoms with Crippen LogP contribution in [0.25, 0.3) is 6.08 Å². The first-order chi connectivity index (χ1) is 18.9. The van der Waals surface area contributed by atoms with Crippen LogP contribution in [0.1, 0.15) is 30.3 Å². The lowest BCUT2D eigenvalue weighted by atomic mass is 10.0. The van der Waals surface area contributed by atoms with E-state index >= 15 is 0 Å². The number of hydrogen-bond donors (Lipinski definition) is 1. The van der Waals surface area contributed by atoms with Gasteiger partial charge in [-0.1, -0.05) is 47.7 Å². The number of rotatable bonds is 8. The van der Waals surface area contributed by atoms with Gasteiger partial charge in [0.2, 0.25) is 0 Å². The molecule has 0 aliphatic carbocycles. The van der Waals surface area contributed by atoms with Gasteiger partial charge in [-0.15, -0.1) is 11.3 Å². The fraction of sp³-hybridized carbons (Fsp3) is 0.172. The summed E-state index contributed by atoms with van der Waals surface area (Å²) in [5.74, 6) is -0.215. The molecule has 1 aliphatic heterocycles. The van der Waals surface area contributed by atoms with E-state index in [1.165, 1.54) is 22.7 Å². The minimum absolute atomic E-state index is 0.173. The molecule has 3 heterocycles. The monoisotopic (exact) mass is 559 g/mol. The molecule has 0 unspecified atom stereocenters. The molecule has 2 aromatic heterocycles. The van der Waals surface area contributed by atoms with Crippen LogP contribution >= 0.6 is 22.7 Å². The maximum absolute atomic E-state index is 13.7. The Bertz CT molecular complexity index is 1700. The van der Waals surface area contributed by atoms with Crippen molar-refractivity contribution in [3.05, 3.63) is 114 Å². The van der Waals surface area contributed by atoms with Gasteiger partial charge in [-0.3, -0.25) is 14.2 Å². The Labute approximate surface area is 232 Å². The Balaban J connectivity index is 1.48. The van der Waals surface area contributed by atoms with Gasteiger partial charge in [0, 0.05) is 10.6 Å². The lowest BCUT2D eigenvalue weighted by Gasteiger charge is -2.24. The second-order valence-corrected chi connectivity index (χ2v) is 10.6. The highest BCUT2D eigenvalue weighted by atomic mass is 32.1. The lowest BCUT2D eigenvalue weighted by molar-refractivity contribution is -0.145. The van der Waals surface area contributed by atoms with Gasteiger partial charge in [-0.05, 0) is 61.2 Å². The van der Waals surface area contributed by atoms with Gasteiger partial charge in [0.25, 0.3) is 11.5 Å². The molecule has 0 radical (unpaired) electrons. The molecule has 0 fully saturated rings. The smallest absolute Gasteiger partial charge is 0.344 e. The molecule has 1 atom stereocenters. The van der Waals surface area contributed by atoms with Crippen molar-refractivity contribution >= 4 is 46.3 Å². The second-order valence-electron chi connectivity index (χ2n) is 8.58. The Hall–Kier alpha value is -4.28. The highest BCUT2D eigenvalue weighted by molar-refractivity contribution is 7.10. The van der Waals surface area contributed by atoms with E-state index < -0.39 is 12.0 Å². The van der Waals surface area contributed by atoms with Crippen molar-refractivity contribution in [2.24, 2.45) is 4.99 Å². The standard InChI is InChI=1S/C29H25N3O5S2/c1-3-36-24(33)17-37-21-13-11-19(12-14-21)16-23-28(35)32-26(22-10-7-15-38-22)25(18(2)30-29(32)39-23)27(34)31-20-8-5-4-6-9-20/h4-16,26H,3,17H2,1-2H3,(H,31,34)/t26-/m1/s1. The maximum atomic E-state index is 13.7. The summed E-state index contributed by atoms with van der Waals surface area (Å²) in [7, 11) is 0. The summed E-state index contributed by atoms with van der Waals surface area (Å²) >= 11 is 2.77. The number of carbonyl (C=O) groups is 2. The molecule has 4 aromatic rings. The first-order valence-electron chi connectivity index (χ1n) is 12.3. The van der Waals surface area contributed by atoms with Gasteiger partial charge < -0.3 is 14.8 Å². The van der Waals surface area contributed by atoms with Crippen LogP contribution in [0.4, 0.5) is 5.69 Å². The molecular formula is C29H25N3O5S2. The van der Waals surface area contributed by atoms with Crippen LogP contribution in [0.2, 0.25) is 0 Å². The van der Waals surface area contributed by atoms with Gasteiger partial charge >= 0.3 is 5.97 Å². The highest BCUT2D eigenvalue weighted by Gasteiger charge is 2.33. The minimum Gasteiger partial charge on any atom is -0.482 e. The highest BCUT2D eigenvalue weighted by Crippen LogP contribution is 2.33. The molecule has 5 rings (SSSR count). The molecule has 10 heteroatoms. The van der Waals surface area contributed by atoms with E-state index in [1.807, 2.05) is 47.8 Å². The van der Waals surface area contributed by atoms with Crippen molar-refractivity contribution in [3.63, 3.8) is 0 Å². The van der Waals surface area contributed by atoms with Crippen LogP contribution in [-0.4, -0.2) is 29.7 Å². The Morgan fingerprint density at radius 2 is 1.85 bits per heavy atom. The number of anilines is 1. The Morgan fingerprint density at radius 3 is 2.54 bits per heavy atom. The number of benzene rings is 2. The van der Waals surface area contributed by atoms with E-state index in [2.05, 4.69) is 10.3 Å². The summed E-state index contributed by atoms with van der Waals surface area (Å²) < 4.78 is 12.4. The Kier molecular flexibility index (Phi) is 7.85. The average molecular weight is 560 g/mol. The average Bonchev–Trinajstić information content (AvgIpc) is 3.57. The van der Waals surface area contributed by atoms with Crippen molar-refractivity contribution in [2.45, 2.75) is 19.9 Å². The summed E-state index contributed by atoms with van der Waals surface area (Å²) in [5.41, 5.74) is 2.23. The molecule has 8 nitrogen and oxygen atoms in total. The predicted molar refractivity (Wildman–Crippen MR) is 152 cm³/mol. The maximum Gasteiger partial charge on any atom is 0.344 e. The molecule has 1 aliphatic rings. The number of esters is 1. The van der Waals surface area contributed by atoms with E-state index in [9.17, 15) is 14.4 Å². The fourth-order valence-corrected chi connectivity index (χ4v) is 6.07. The van der Waals surface area contributed by atoms with E-state index in [-0.39, 0.29) is 18.1 Å². The van der Waals surface area contributed by atoms with E-state index in [0.29, 0.717) is 38.6 Å². The van der Waals surface area contributed by atoms with Crippen molar-refractivity contribution in [3.8, 4) is 5.75 Å². The molecular weight excluding hydrogens is 534 g/mol. The number of allylic oxidation sites excluding steroid dienone is 1. The van der Waals surface area contributed by atoms with Crippen LogP contribution in [0.3, 0.4) is 0 Å². The summed E-state index contributed by atoms with van der Waals surface area (Å²) in [6.45, 7) is 3.66. The third kappa shape index (κ3) is 5.76. The van der Waals surface area contributed by atoms with Gasteiger partial charge in [-0.25, -0.2) is 9.79 Å². The third-order valence-electron chi connectivity index (χ3n) is 5.95. The number of amides is 1. The normalized spacial score (nSPS) is 14.9. The van der Waals surface area contributed by atoms with Crippen molar-refractivity contribution in [1.82, 2.24) is 4.57 Å². The van der Waals surface area contributed by atoms with Crippen LogP contribution in [0, 0.1) is 0 Å². The number of thiazole rings is 1. The SMILES string of the molecule is CCOC(=O)COc1ccc(C=c2sc3n(c2=O)[C@H](c2cccs2)C(C(=O)Nc2ccccc2)=C(C)N=3)cc1.